The van der Waals surface area contributed by atoms with Crippen LogP contribution in [0.4, 0.5) is 5.82 Å². The number of hydrogen-bond acceptors (Lipinski definition) is 6. The Morgan fingerprint density at radius 2 is 1.97 bits per heavy atom. The second kappa shape index (κ2) is 9.14. The summed E-state index contributed by atoms with van der Waals surface area (Å²) in [7, 11) is 3.57. The van der Waals surface area contributed by atoms with Crippen molar-refractivity contribution in [1.82, 2.24) is 19.8 Å². The molecular weight excluding hydrogens is 406 g/mol. The lowest BCUT2D eigenvalue weighted by Crippen LogP contribution is -2.38. The molecule has 1 N–H and O–H groups in total. The Balaban J connectivity index is 1.43. The first-order valence-electron chi connectivity index (χ1n) is 11.2. The quantitative estimate of drug-likeness (QED) is 0.774. The molecule has 0 aliphatic carbocycles. The third-order valence-electron chi connectivity index (χ3n) is 6.31. The van der Waals surface area contributed by atoms with Gasteiger partial charge < -0.3 is 19.9 Å². The molecule has 2 aliphatic heterocycles. The summed E-state index contributed by atoms with van der Waals surface area (Å²) in [5.74, 6) is 2.57. The molecule has 0 bridgehead atoms. The average Bonchev–Trinajstić information content (AvgIpc) is 3.17. The van der Waals surface area contributed by atoms with Crippen LogP contribution in [0.15, 0.2) is 24.3 Å². The van der Waals surface area contributed by atoms with Gasteiger partial charge in [-0.2, -0.15) is 0 Å². The first-order chi connectivity index (χ1) is 15.3. The summed E-state index contributed by atoms with van der Waals surface area (Å²) in [6.45, 7) is 5.33. The average molecular weight is 438 g/mol. The number of ether oxygens (including phenoxy) is 1. The molecule has 170 valence electrons. The van der Waals surface area contributed by atoms with Gasteiger partial charge in [0, 0.05) is 63.8 Å². The SMILES string of the molecule is CNc1cc(C2CCN(C(=O)c3ccc4c(c3)CC(C)O4)CC2)nc(CN(C)C(C)=O)n1. The maximum Gasteiger partial charge on any atom is 0.253 e. The number of likely N-dealkylation sites (tertiary alicyclic amines) is 1. The van der Waals surface area contributed by atoms with E-state index in [4.69, 9.17) is 9.72 Å². The number of anilines is 1. The van der Waals surface area contributed by atoms with Gasteiger partial charge in [0.05, 0.1) is 6.54 Å². The Labute approximate surface area is 189 Å². The second-order valence-electron chi connectivity index (χ2n) is 8.74. The number of carbonyl (C=O) groups excluding carboxylic acids is 2. The standard InChI is InChI=1S/C24H31N5O3/c1-15-11-19-12-18(5-6-21(19)32-15)24(31)29-9-7-17(8-10-29)20-13-22(25-3)27-23(26-20)14-28(4)16(2)30/h5-6,12-13,15,17H,7-11,14H2,1-4H3,(H,25,26,27). The molecule has 2 aliphatic rings. The zero-order valence-corrected chi connectivity index (χ0v) is 19.2. The van der Waals surface area contributed by atoms with Gasteiger partial charge >= 0.3 is 0 Å². The van der Waals surface area contributed by atoms with Crippen LogP contribution in [0, 0.1) is 0 Å². The van der Waals surface area contributed by atoms with E-state index in [0.717, 1.165) is 47.7 Å². The fourth-order valence-corrected chi connectivity index (χ4v) is 4.37. The third kappa shape index (κ3) is 4.69. The van der Waals surface area contributed by atoms with E-state index in [9.17, 15) is 9.59 Å². The minimum absolute atomic E-state index is 0.0237. The topological polar surface area (TPSA) is 87.7 Å². The largest absolute Gasteiger partial charge is 0.490 e. The van der Waals surface area contributed by atoms with Crippen molar-refractivity contribution in [2.75, 3.05) is 32.5 Å². The van der Waals surface area contributed by atoms with Crippen molar-refractivity contribution in [2.45, 2.75) is 51.7 Å². The van der Waals surface area contributed by atoms with Gasteiger partial charge in [0.1, 0.15) is 23.5 Å². The molecule has 1 saturated heterocycles. The highest BCUT2D eigenvalue weighted by molar-refractivity contribution is 5.94. The number of benzene rings is 1. The van der Waals surface area contributed by atoms with E-state index in [0.29, 0.717) is 25.5 Å². The molecule has 8 nitrogen and oxygen atoms in total. The summed E-state index contributed by atoms with van der Waals surface area (Å²) in [6, 6.07) is 7.74. The van der Waals surface area contributed by atoms with Crippen molar-refractivity contribution in [3.05, 3.63) is 46.9 Å². The maximum absolute atomic E-state index is 13.1. The highest BCUT2D eigenvalue weighted by atomic mass is 16.5. The molecule has 3 heterocycles. The van der Waals surface area contributed by atoms with Crippen LogP contribution >= 0.6 is 0 Å². The summed E-state index contributed by atoms with van der Waals surface area (Å²) >= 11 is 0. The normalized spacial score (nSPS) is 18.1. The Kier molecular flexibility index (Phi) is 6.30. The number of fused-ring (bicyclic) bond motifs is 1. The Morgan fingerprint density at radius 3 is 2.66 bits per heavy atom. The van der Waals surface area contributed by atoms with Crippen molar-refractivity contribution >= 4 is 17.6 Å². The lowest BCUT2D eigenvalue weighted by atomic mass is 9.92. The van der Waals surface area contributed by atoms with Crippen LogP contribution in [0.2, 0.25) is 0 Å². The van der Waals surface area contributed by atoms with Crippen LogP contribution in [-0.4, -0.2) is 64.9 Å². The molecular formula is C24H31N5O3. The number of carbonyl (C=O) groups is 2. The zero-order chi connectivity index (χ0) is 22.8. The Bertz CT molecular complexity index is 1020. The lowest BCUT2D eigenvalue weighted by molar-refractivity contribution is -0.128. The minimum Gasteiger partial charge on any atom is -0.490 e. The highest BCUT2D eigenvalue weighted by Gasteiger charge is 2.27. The fraction of sp³-hybridized carbons (Fsp3) is 0.500. The van der Waals surface area contributed by atoms with Gasteiger partial charge in [-0.3, -0.25) is 9.59 Å². The van der Waals surface area contributed by atoms with Gasteiger partial charge in [0.25, 0.3) is 5.91 Å². The van der Waals surface area contributed by atoms with Crippen molar-refractivity contribution in [1.29, 1.82) is 0 Å². The maximum atomic E-state index is 13.1. The first kappa shape index (κ1) is 22.0. The molecule has 1 unspecified atom stereocenters. The minimum atomic E-state index is -0.0237. The van der Waals surface area contributed by atoms with E-state index in [1.807, 2.05) is 43.1 Å². The van der Waals surface area contributed by atoms with E-state index in [-0.39, 0.29) is 23.8 Å². The van der Waals surface area contributed by atoms with Crippen LogP contribution in [0.3, 0.4) is 0 Å². The van der Waals surface area contributed by atoms with Gasteiger partial charge in [0.15, 0.2) is 0 Å². The lowest BCUT2D eigenvalue weighted by Gasteiger charge is -2.32. The summed E-state index contributed by atoms with van der Waals surface area (Å²) in [6.07, 6.45) is 2.71. The molecule has 32 heavy (non-hydrogen) atoms. The molecule has 2 aromatic rings. The van der Waals surface area contributed by atoms with Crippen molar-refractivity contribution in [2.24, 2.45) is 0 Å². The predicted molar refractivity (Wildman–Crippen MR) is 122 cm³/mol. The molecule has 0 saturated carbocycles. The molecule has 1 aromatic heterocycles. The van der Waals surface area contributed by atoms with Crippen LogP contribution < -0.4 is 10.1 Å². The summed E-state index contributed by atoms with van der Waals surface area (Å²) in [5.41, 5.74) is 2.81. The molecule has 2 amide bonds. The van der Waals surface area contributed by atoms with Crippen molar-refractivity contribution < 1.29 is 14.3 Å². The first-order valence-corrected chi connectivity index (χ1v) is 11.2. The number of hydrogen-bond donors (Lipinski definition) is 1. The number of aromatic nitrogens is 2. The zero-order valence-electron chi connectivity index (χ0n) is 19.2. The summed E-state index contributed by atoms with van der Waals surface area (Å²) in [5, 5.41) is 3.09. The summed E-state index contributed by atoms with van der Waals surface area (Å²) < 4.78 is 5.75. The molecule has 4 rings (SSSR count). The van der Waals surface area contributed by atoms with Gasteiger partial charge in [-0.25, -0.2) is 9.97 Å². The number of nitrogens with one attached hydrogen (secondary N) is 1. The van der Waals surface area contributed by atoms with Crippen LogP contribution in [0.1, 0.15) is 60.0 Å². The molecule has 1 aromatic carbocycles. The van der Waals surface area contributed by atoms with Gasteiger partial charge in [0.2, 0.25) is 5.91 Å². The number of amides is 2. The molecule has 0 spiro atoms. The van der Waals surface area contributed by atoms with E-state index >= 15 is 0 Å². The Hall–Kier alpha value is -3.16. The number of nitrogens with zero attached hydrogens (tertiary/aromatic N) is 4. The monoisotopic (exact) mass is 437 g/mol. The molecule has 1 atom stereocenters. The third-order valence-corrected chi connectivity index (χ3v) is 6.31. The van der Waals surface area contributed by atoms with E-state index in [1.165, 1.54) is 6.92 Å². The predicted octanol–water partition coefficient (Wildman–Crippen LogP) is 2.84. The molecule has 1 fully saturated rings. The molecule has 8 heteroatoms. The fourth-order valence-electron chi connectivity index (χ4n) is 4.37. The van der Waals surface area contributed by atoms with Gasteiger partial charge in [-0.05, 0) is 43.5 Å². The van der Waals surface area contributed by atoms with E-state index in [1.54, 1.807) is 11.9 Å². The summed E-state index contributed by atoms with van der Waals surface area (Å²) in [4.78, 5) is 37.4. The molecule has 0 radical (unpaired) electrons. The highest BCUT2D eigenvalue weighted by Crippen LogP contribution is 2.32. The van der Waals surface area contributed by atoms with Gasteiger partial charge in [-0.1, -0.05) is 0 Å². The smallest absolute Gasteiger partial charge is 0.253 e. The van der Waals surface area contributed by atoms with Gasteiger partial charge in [-0.15, -0.1) is 0 Å². The van der Waals surface area contributed by atoms with Crippen LogP contribution in [-0.2, 0) is 17.8 Å². The van der Waals surface area contributed by atoms with Crippen LogP contribution in [0.25, 0.3) is 0 Å². The van der Waals surface area contributed by atoms with Crippen molar-refractivity contribution in [3.8, 4) is 5.75 Å². The Morgan fingerprint density at radius 1 is 1.22 bits per heavy atom. The number of piperidine rings is 1. The number of rotatable bonds is 5. The van der Waals surface area contributed by atoms with Crippen LogP contribution in [0.5, 0.6) is 5.75 Å². The second-order valence-corrected chi connectivity index (χ2v) is 8.74. The van der Waals surface area contributed by atoms with E-state index < -0.39 is 0 Å². The van der Waals surface area contributed by atoms with Crippen molar-refractivity contribution in [3.63, 3.8) is 0 Å². The van der Waals surface area contributed by atoms with E-state index in [2.05, 4.69) is 10.3 Å².